The van der Waals surface area contributed by atoms with Crippen LogP contribution in [0.3, 0.4) is 0 Å². The van der Waals surface area contributed by atoms with E-state index in [2.05, 4.69) is 196 Å². The predicted octanol–water partition coefficient (Wildman–Crippen LogP) is 11.6. The van der Waals surface area contributed by atoms with Crippen molar-refractivity contribution in [1.82, 2.24) is 9.05 Å². The largest absolute Gasteiger partial charge is 0.375 e. The second-order valence-corrected chi connectivity index (χ2v) is 14.9. The lowest BCUT2D eigenvalue weighted by Crippen LogP contribution is -2.56. The number of anilines is 3. The molecule has 0 unspecified atom stereocenters. The Balaban J connectivity index is 1.30. The van der Waals surface area contributed by atoms with Crippen LogP contribution in [0.4, 0.5) is 17.1 Å². The number of fused-ring (bicyclic) bond motifs is 13. The van der Waals surface area contributed by atoms with Crippen molar-refractivity contribution in [2.24, 2.45) is 0 Å². The smallest absolute Gasteiger partial charge is 0.333 e. The van der Waals surface area contributed by atoms with Gasteiger partial charge in [0.1, 0.15) is 0 Å². The second-order valence-electron chi connectivity index (χ2n) is 14.9. The zero-order chi connectivity index (χ0) is 35.1. The van der Waals surface area contributed by atoms with Crippen LogP contribution in [-0.2, 0) is 0 Å². The zero-order valence-electron chi connectivity index (χ0n) is 29.2. The molecule has 4 heterocycles. The lowest BCUT2D eigenvalue weighted by molar-refractivity contribution is 1.17. The molecule has 2 aliphatic rings. The average Bonchev–Trinajstić information content (AvgIpc) is 3.75. The third kappa shape index (κ3) is 3.57. The highest BCUT2D eigenvalue weighted by Gasteiger charge is 2.44. The quantitative estimate of drug-likeness (QED) is 0.165. The van der Waals surface area contributed by atoms with E-state index in [9.17, 15) is 0 Å². The molecule has 0 aliphatic carbocycles. The Morgan fingerprint density at radius 2 is 1.04 bits per heavy atom. The summed E-state index contributed by atoms with van der Waals surface area (Å²) in [6.45, 7) is -0.0461. The monoisotopic (exact) mass is 683 g/mol. The molecule has 0 N–H and O–H groups in total. The lowest BCUT2D eigenvalue weighted by atomic mass is 9.45. The molecule has 3 nitrogen and oxygen atoms in total. The van der Waals surface area contributed by atoms with Gasteiger partial charge in [0.05, 0.1) is 16.7 Å². The van der Waals surface area contributed by atoms with Crippen LogP contribution in [-0.4, -0.2) is 15.9 Å². The molecule has 13 rings (SSSR count). The van der Waals surface area contributed by atoms with Gasteiger partial charge >= 0.3 is 6.85 Å². The fourth-order valence-electron chi connectivity index (χ4n) is 10.0. The van der Waals surface area contributed by atoms with E-state index in [1.807, 2.05) is 0 Å². The molecule has 0 saturated heterocycles. The third-order valence-corrected chi connectivity index (χ3v) is 12.2. The van der Waals surface area contributed by atoms with E-state index >= 15 is 0 Å². The minimum Gasteiger partial charge on any atom is -0.375 e. The number of benzene rings is 9. The molecule has 2 aliphatic heterocycles. The van der Waals surface area contributed by atoms with Crippen molar-refractivity contribution in [3.63, 3.8) is 0 Å². The minimum absolute atomic E-state index is 0.0461. The van der Waals surface area contributed by atoms with Gasteiger partial charge in [0, 0.05) is 55.2 Å². The molecule has 0 radical (unpaired) electrons. The molecular formula is C50H30BN3. The molecule has 0 bridgehead atoms. The minimum atomic E-state index is -0.0461. The number of rotatable bonds is 2. The van der Waals surface area contributed by atoms with Crippen molar-refractivity contribution in [3.8, 4) is 16.8 Å². The Bertz CT molecular complexity index is 3410. The Morgan fingerprint density at radius 3 is 1.85 bits per heavy atom. The number of para-hydroxylation sites is 4. The highest BCUT2D eigenvalue weighted by Crippen LogP contribution is 2.50. The van der Waals surface area contributed by atoms with E-state index in [-0.39, 0.29) is 6.85 Å². The molecule has 0 saturated carbocycles. The highest BCUT2D eigenvalue weighted by atomic mass is 15.2. The fraction of sp³-hybridized carbons (Fsp3) is 0. The van der Waals surface area contributed by atoms with E-state index < -0.39 is 0 Å². The summed E-state index contributed by atoms with van der Waals surface area (Å²) in [6.07, 6.45) is 0. The first kappa shape index (κ1) is 28.5. The Kier molecular flexibility index (Phi) is 5.45. The summed E-state index contributed by atoms with van der Waals surface area (Å²) in [5.74, 6) is 0. The van der Waals surface area contributed by atoms with Gasteiger partial charge in [-0.15, -0.1) is 0 Å². The van der Waals surface area contributed by atoms with Gasteiger partial charge in [-0.1, -0.05) is 133 Å². The van der Waals surface area contributed by atoms with Crippen LogP contribution in [0.25, 0.3) is 82.0 Å². The molecule has 248 valence electrons. The van der Waals surface area contributed by atoms with Gasteiger partial charge in [0.25, 0.3) is 0 Å². The number of hydrogen-bond acceptors (Lipinski definition) is 1. The molecule has 2 aromatic heterocycles. The van der Waals surface area contributed by atoms with Gasteiger partial charge in [0.2, 0.25) is 0 Å². The van der Waals surface area contributed by atoms with Crippen molar-refractivity contribution in [2.75, 3.05) is 4.90 Å². The van der Waals surface area contributed by atoms with Crippen molar-refractivity contribution < 1.29 is 0 Å². The summed E-state index contributed by atoms with van der Waals surface area (Å²) in [7, 11) is 0. The molecule has 54 heavy (non-hydrogen) atoms. The molecule has 0 atom stereocenters. The summed E-state index contributed by atoms with van der Waals surface area (Å²) in [5.41, 5.74) is 15.0. The van der Waals surface area contributed by atoms with E-state index in [0.29, 0.717) is 0 Å². The first-order chi connectivity index (χ1) is 26.8. The molecule has 0 fully saturated rings. The van der Waals surface area contributed by atoms with Gasteiger partial charge in [-0.05, 0) is 86.6 Å². The normalized spacial score (nSPS) is 13.1. The Hall–Kier alpha value is -7.04. The van der Waals surface area contributed by atoms with Crippen LogP contribution < -0.4 is 15.8 Å². The van der Waals surface area contributed by atoms with E-state index in [1.165, 1.54) is 98.6 Å². The Morgan fingerprint density at radius 1 is 0.389 bits per heavy atom. The van der Waals surface area contributed by atoms with Gasteiger partial charge < -0.3 is 13.9 Å². The average molecular weight is 684 g/mol. The second kappa shape index (κ2) is 10.3. The van der Waals surface area contributed by atoms with Crippen LogP contribution in [0.15, 0.2) is 182 Å². The maximum atomic E-state index is 2.67. The zero-order valence-corrected chi connectivity index (χ0v) is 29.2. The summed E-state index contributed by atoms with van der Waals surface area (Å²) in [6, 6.07) is 67.8. The lowest BCUT2D eigenvalue weighted by Gasteiger charge is -2.41. The SMILES string of the molecule is c1ccc(-n2c3ccccc3c3cc4c5c(c32)N(c2ccc3ccccc3c2)c2cc3ccccc3cc2B5n2c3ccccc3c3cccc-4c32)cc1. The van der Waals surface area contributed by atoms with Crippen molar-refractivity contribution in [3.05, 3.63) is 182 Å². The van der Waals surface area contributed by atoms with Crippen LogP contribution in [0.2, 0.25) is 0 Å². The van der Waals surface area contributed by atoms with E-state index in [1.54, 1.807) is 0 Å². The van der Waals surface area contributed by atoms with E-state index in [0.717, 1.165) is 11.4 Å². The summed E-state index contributed by atoms with van der Waals surface area (Å²) in [5, 5.41) is 10.1. The number of nitrogens with zero attached hydrogens (tertiary/aromatic N) is 3. The molecule has 0 spiro atoms. The number of hydrogen-bond donors (Lipinski definition) is 0. The van der Waals surface area contributed by atoms with Crippen LogP contribution in [0.5, 0.6) is 0 Å². The van der Waals surface area contributed by atoms with Gasteiger partial charge in [-0.3, -0.25) is 0 Å². The number of aromatic nitrogens is 2. The summed E-state index contributed by atoms with van der Waals surface area (Å²) < 4.78 is 5.18. The molecule has 4 heteroatoms. The van der Waals surface area contributed by atoms with E-state index in [4.69, 9.17) is 0 Å². The molecule has 9 aromatic carbocycles. The van der Waals surface area contributed by atoms with Crippen molar-refractivity contribution in [1.29, 1.82) is 0 Å². The molecular weight excluding hydrogens is 653 g/mol. The maximum Gasteiger partial charge on any atom is 0.333 e. The highest BCUT2D eigenvalue weighted by molar-refractivity contribution is 6.90. The molecule has 0 amide bonds. The van der Waals surface area contributed by atoms with Crippen LogP contribution >= 0.6 is 0 Å². The van der Waals surface area contributed by atoms with Crippen molar-refractivity contribution in [2.45, 2.75) is 0 Å². The van der Waals surface area contributed by atoms with Gasteiger partial charge in [0.15, 0.2) is 0 Å². The predicted molar refractivity (Wildman–Crippen MR) is 229 cm³/mol. The molecule has 11 aromatic rings. The summed E-state index contributed by atoms with van der Waals surface area (Å²) >= 11 is 0. The van der Waals surface area contributed by atoms with Crippen LogP contribution in [0, 0.1) is 0 Å². The summed E-state index contributed by atoms with van der Waals surface area (Å²) in [4.78, 5) is 2.60. The maximum absolute atomic E-state index is 2.67. The standard InChI is InChI=1S/C50H30BN3/c1-2-17-35(18-3-1)52-44-23-10-8-20-38(44)42-30-41-40-22-12-21-39-37-19-9-11-24-45(37)54(48(39)40)51-43-28-33-15-6-7-16-34(33)29-46(43)53(50(47(41)51)49(42)52)36-26-25-31-13-4-5-14-32(31)27-36/h1-30H. The third-order valence-electron chi connectivity index (χ3n) is 12.2. The Labute approximate surface area is 311 Å². The van der Waals surface area contributed by atoms with Crippen LogP contribution in [0.1, 0.15) is 0 Å². The first-order valence-corrected chi connectivity index (χ1v) is 18.8. The first-order valence-electron chi connectivity index (χ1n) is 18.8. The fourth-order valence-corrected chi connectivity index (χ4v) is 10.0. The van der Waals surface area contributed by atoms with Crippen molar-refractivity contribution >= 4 is 100.0 Å². The van der Waals surface area contributed by atoms with Gasteiger partial charge in [-0.2, -0.15) is 0 Å². The van der Waals surface area contributed by atoms with Gasteiger partial charge in [-0.25, -0.2) is 0 Å². The topological polar surface area (TPSA) is 13.1 Å².